The molecule has 10 heterocycles. The maximum atomic E-state index is 2.46. The maximum Gasteiger partial charge on any atom is 0.0620 e. The average molecular weight is 1480 g/mol. The van der Waals surface area contributed by atoms with E-state index in [1.54, 1.807) is 0 Å². The van der Waals surface area contributed by atoms with Gasteiger partial charge in [0.2, 0.25) is 0 Å². The van der Waals surface area contributed by atoms with Crippen LogP contribution < -0.4 is 0 Å². The van der Waals surface area contributed by atoms with Crippen molar-refractivity contribution in [3.63, 3.8) is 0 Å². The highest BCUT2D eigenvalue weighted by molar-refractivity contribution is 6.30. The van der Waals surface area contributed by atoms with Crippen LogP contribution in [-0.4, -0.2) is 22.0 Å². The Morgan fingerprint density at radius 2 is 0.359 bits per heavy atom. The lowest BCUT2D eigenvalue weighted by Gasteiger charge is -2.06. The first-order valence-corrected chi connectivity index (χ1v) is 40.5. The van der Waals surface area contributed by atoms with Crippen molar-refractivity contribution >= 4 is 201 Å². The molecule has 29 aromatic rings. The summed E-state index contributed by atoms with van der Waals surface area (Å²) in [5.74, 6) is 0. The maximum absolute atomic E-state index is 2.46. The number of fused-ring (bicyclic) bond motifs is 32. The molecular weight excluding hydrogens is 1420 g/mol. The van der Waals surface area contributed by atoms with Crippen LogP contribution in [0, 0.1) is 0 Å². The van der Waals surface area contributed by atoms with Crippen LogP contribution in [0.15, 0.2) is 419 Å². The third-order valence-electron chi connectivity index (χ3n) is 25.2. The molecule has 0 fully saturated rings. The van der Waals surface area contributed by atoms with Crippen LogP contribution in [0.3, 0.4) is 0 Å². The summed E-state index contributed by atoms with van der Waals surface area (Å²) in [6, 6.07) is 151. The lowest BCUT2D eigenvalue weighted by molar-refractivity contribution is 1.37. The van der Waals surface area contributed by atoms with Gasteiger partial charge < -0.3 is 22.0 Å². The number of hydrogen-bond acceptors (Lipinski definition) is 0. The Morgan fingerprint density at radius 3 is 0.778 bits per heavy atom. The molecule has 5 heteroatoms. The first-order chi connectivity index (χ1) is 58.1. The second-order valence-electron chi connectivity index (χ2n) is 31.2. The second kappa shape index (κ2) is 25.5. The van der Waals surface area contributed by atoms with Crippen LogP contribution in [-0.2, 0) is 0 Å². The first kappa shape index (κ1) is 65.0. The molecule has 29 rings (SSSR count). The molecule has 0 radical (unpaired) electrons. The predicted molar refractivity (Wildman–Crippen MR) is 499 cm³/mol. The molecular formula is C112H69N5. The van der Waals surface area contributed by atoms with Crippen molar-refractivity contribution in [1.82, 2.24) is 22.0 Å². The summed E-state index contributed by atoms with van der Waals surface area (Å²) >= 11 is 0. The fraction of sp³-hybridized carbons (Fsp3) is 0. The predicted octanol–water partition coefficient (Wildman–Crippen LogP) is 30.3. The van der Waals surface area contributed by atoms with Gasteiger partial charge in [-0.1, -0.05) is 352 Å². The molecule has 19 aromatic carbocycles. The van der Waals surface area contributed by atoms with Gasteiger partial charge in [0, 0.05) is 119 Å². The van der Waals surface area contributed by atoms with Gasteiger partial charge in [-0.2, -0.15) is 0 Å². The number of benzene rings is 19. The van der Waals surface area contributed by atoms with Crippen LogP contribution in [0.25, 0.3) is 235 Å². The molecule has 0 amide bonds. The van der Waals surface area contributed by atoms with Gasteiger partial charge in [-0.15, -0.1) is 0 Å². The van der Waals surface area contributed by atoms with Gasteiger partial charge in [0.05, 0.1) is 82.8 Å². The van der Waals surface area contributed by atoms with E-state index in [4.69, 9.17) is 0 Å². The monoisotopic (exact) mass is 1480 g/mol. The van der Waals surface area contributed by atoms with Gasteiger partial charge in [-0.25, -0.2) is 0 Å². The van der Waals surface area contributed by atoms with E-state index in [1.165, 1.54) is 235 Å². The van der Waals surface area contributed by atoms with Crippen molar-refractivity contribution in [2.75, 3.05) is 0 Å². The summed E-state index contributed by atoms with van der Waals surface area (Å²) in [6.45, 7) is 0. The molecule has 0 unspecified atom stereocenters. The molecule has 0 spiro atoms. The zero-order chi connectivity index (χ0) is 76.5. The number of rotatable bonds is 3. The summed E-state index contributed by atoms with van der Waals surface area (Å²) in [6.07, 6.45) is 0. The quantitative estimate of drug-likeness (QED) is 0.168. The van der Waals surface area contributed by atoms with Crippen molar-refractivity contribution in [3.05, 3.63) is 419 Å². The van der Waals surface area contributed by atoms with Gasteiger partial charge in [0.15, 0.2) is 0 Å². The molecule has 0 aliphatic heterocycles. The highest BCUT2D eigenvalue weighted by atomic mass is 14.9. The van der Waals surface area contributed by atoms with Gasteiger partial charge in [-0.3, -0.25) is 0 Å². The molecule has 0 bridgehead atoms. The summed E-state index contributed by atoms with van der Waals surface area (Å²) < 4.78 is 12.2. The SMILES string of the molecule is c1ccc(-c2cc3c4ccccc4n4c5ccccc5c(c2)c34)cc1.c1ccc(-c2ccc3c(c2)c2cccc4c5ccccc5n3c42)cc1.c1ccc(-c2cccc3c4cccc5c6ccccc6n(c23)c54)cc1.c1ccc2c(c1)c1cccc3c4ccccc4n2c13.c1ccc2c(c1)ccc1c3cccc4c5ccccc5n(c21)c43. The lowest BCUT2D eigenvalue weighted by atomic mass is 9.99. The molecule has 0 atom stereocenters. The highest BCUT2D eigenvalue weighted by Crippen LogP contribution is 2.48. The summed E-state index contributed by atoms with van der Waals surface area (Å²) in [5, 5.41) is 29.4. The van der Waals surface area contributed by atoms with Gasteiger partial charge in [0.25, 0.3) is 0 Å². The molecule has 542 valence electrons. The zero-order valence-corrected chi connectivity index (χ0v) is 63.6. The van der Waals surface area contributed by atoms with Crippen LogP contribution in [0.5, 0.6) is 0 Å². The minimum absolute atomic E-state index is 1.26. The largest absolute Gasteiger partial charge is 0.308 e. The highest BCUT2D eigenvalue weighted by Gasteiger charge is 2.24. The third kappa shape index (κ3) is 9.48. The Morgan fingerprint density at radius 1 is 0.111 bits per heavy atom. The average Bonchev–Trinajstić information content (AvgIpc) is 1.59. The van der Waals surface area contributed by atoms with E-state index in [1.807, 2.05) is 0 Å². The zero-order valence-electron chi connectivity index (χ0n) is 63.6. The fourth-order valence-corrected chi connectivity index (χ4v) is 20.4. The molecule has 5 nitrogen and oxygen atoms in total. The summed E-state index contributed by atoms with van der Waals surface area (Å²) in [7, 11) is 0. The number of nitrogens with zero attached hydrogens (tertiary/aromatic N) is 5. The van der Waals surface area contributed by atoms with Crippen LogP contribution in [0.4, 0.5) is 0 Å². The topological polar surface area (TPSA) is 22.1 Å². The van der Waals surface area contributed by atoms with E-state index in [2.05, 4.69) is 441 Å². The summed E-state index contributed by atoms with van der Waals surface area (Å²) in [4.78, 5) is 0. The second-order valence-corrected chi connectivity index (χ2v) is 31.2. The molecule has 117 heavy (non-hydrogen) atoms. The fourth-order valence-electron chi connectivity index (χ4n) is 20.4. The Labute approximate surface area is 670 Å². The molecule has 0 N–H and O–H groups in total. The van der Waals surface area contributed by atoms with Crippen molar-refractivity contribution in [1.29, 1.82) is 0 Å². The molecule has 0 saturated heterocycles. The summed E-state index contributed by atoms with van der Waals surface area (Å²) in [5.41, 5.74) is 27.3. The van der Waals surface area contributed by atoms with Crippen LogP contribution >= 0.6 is 0 Å². The van der Waals surface area contributed by atoms with Gasteiger partial charge in [-0.05, 0) is 99.9 Å². The van der Waals surface area contributed by atoms with E-state index < -0.39 is 0 Å². The molecule has 10 aromatic heterocycles. The van der Waals surface area contributed by atoms with E-state index in [9.17, 15) is 0 Å². The standard InChI is InChI=1S/3C24H15N.C22H13N.C18H11N/c1-2-8-16(9-3-1)17-14-20-18-10-4-6-12-22(18)25-23-13-7-5-11-19(23)21(15-17)24(20)25;1-2-8-16(9-3-1)17-11-6-13-20-21-14-7-12-19-18-10-4-5-15-22(18)25(23(17)20)24(19)21;1-2-7-16(8-3-1)17-13-14-23-21(15-17)20-11-6-10-19-18-9-4-5-12-22(18)25(23)24(19)20;1-2-7-15-14(6-1)12-13-19-18-10-5-9-17-16-8-3-4-11-20(16)23(21(15)19)22(17)18;1-3-10-16-12(6-1)14-8-5-9-15-13-7-2-4-11-17(13)19(16)18(14)15/h3*1-15H;1-13H;1-11H. The number of aromatic nitrogens is 5. The normalized spacial score (nSPS) is 12.1. The Kier molecular flexibility index (Phi) is 14.2. The smallest absolute Gasteiger partial charge is 0.0620 e. The van der Waals surface area contributed by atoms with E-state index >= 15 is 0 Å². The molecule has 0 aliphatic carbocycles. The van der Waals surface area contributed by atoms with Crippen LogP contribution in [0.1, 0.15) is 0 Å². The Balaban J connectivity index is 0.0000000819. The van der Waals surface area contributed by atoms with Crippen molar-refractivity contribution in [3.8, 4) is 33.4 Å². The Hall–Kier alpha value is -15.6. The van der Waals surface area contributed by atoms with Gasteiger partial charge >= 0.3 is 0 Å². The van der Waals surface area contributed by atoms with E-state index in [0.717, 1.165) is 0 Å². The van der Waals surface area contributed by atoms with Crippen molar-refractivity contribution in [2.24, 2.45) is 0 Å². The number of hydrogen-bond donors (Lipinski definition) is 0. The van der Waals surface area contributed by atoms with Crippen molar-refractivity contribution < 1.29 is 0 Å². The minimum Gasteiger partial charge on any atom is -0.308 e. The minimum atomic E-state index is 1.26. The van der Waals surface area contributed by atoms with E-state index in [-0.39, 0.29) is 0 Å². The lowest BCUT2D eigenvalue weighted by Crippen LogP contribution is -1.85. The van der Waals surface area contributed by atoms with Gasteiger partial charge in [0.1, 0.15) is 0 Å². The van der Waals surface area contributed by atoms with Crippen molar-refractivity contribution in [2.45, 2.75) is 0 Å². The molecule has 0 saturated carbocycles. The Bertz CT molecular complexity index is 8770. The van der Waals surface area contributed by atoms with E-state index in [0.29, 0.717) is 0 Å². The number of para-hydroxylation sites is 12. The van der Waals surface area contributed by atoms with Crippen LogP contribution in [0.2, 0.25) is 0 Å². The molecule has 0 aliphatic rings. The first-order valence-electron chi connectivity index (χ1n) is 40.5. The third-order valence-corrected chi connectivity index (χ3v) is 25.2.